The zero-order chi connectivity index (χ0) is 10.4. The third kappa shape index (κ3) is 5.04. The number of nitrogens with one attached hydrogen (secondary N) is 1. The van der Waals surface area contributed by atoms with Crippen molar-refractivity contribution in [2.24, 2.45) is 0 Å². The maximum absolute atomic E-state index is 5.73. The number of benzene rings is 1. The first-order chi connectivity index (χ1) is 6.58. The van der Waals surface area contributed by atoms with Crippen LogP contribution in [0.15, 0.2) is 30.3 Å². The normalized spacial score (nSPS) is 11.4. The summed E-state index contributed by atoms with van der Waals surface area (Å²) in [5.74, 6) is 0. The van der Waals surface area contributed by atoms with Gasteiger partial charge in [0.2, 0.25) is 0 Å². The summed E-state index contributed by atoms with van der Waals surface area (Å²) in [6, 6.07) is 10.2. The van der Waals surface area contributed by atoms with Crippen LogP contribution >= 0.6 is 0 Å². The molecule has 78 valence electrons. The second-order valence-corrected chi connectivity index (χ2v) is 8.77. The van der Waals surface area contributed by atoms with Gasteiger partial charge in [-0.2, -0.15) is 0 Å². The van der Waals surface area contributed by atoms with E-state index in [0.29, 0.717) is 0 Å². The van der Waals surface area contributed by atoms with Crippen LogP contribution in [0.1, 0.15) is 0 Å². The summed E-state index contributed by atoms with van der Waals surface area (Å²) < 4.78 is 5.73. The number of anilines is 1. The van der Waals surface area contributed by atoms with Crippen molar-refractivity contribution in [3.8, 4) is 0 Å². The van der Waals surface area contributed by atoms with Crippen LogP contribution < -0.4 is 5.32 Å². The lowest BCUT2D eigenvalue weighted by Gasteiger charge is -2.17. The van der Waals surface area contributed by atoms with Crippen LogP contribution in [0.25, 0.3) is 0 Å². The lowest BCUT2D eigenvalue weighted by molar-refractivity contribution is 0.327. The summed E-state index contributed by atoms with van der Waals surface area (Å²) in [5.41, 5.74) is 1.16. The second-order valence-electron chi connectivity index (χ2n) is 4.25. The van der Waals surface area contributed by atoms with Crippen molar-refractivity contribution in [1.29, 1.82) is 0 Å². The minimum atomic E-state index is -1.34. The fraction of sp³-hybridized carbons (Fsp3) is 0.455. The summed E-state index contributed by atoms with van der Waals surface area (Å²) in [6.07, 6.45) is 0. The number of hydrogen-bond donors (Lipinski definition) is 1. The van der Waals surface area contributed by atoms with Gasteiger partial charge in [-0.05, 0) is 31.8 Å². The van der Waals surface area contributed by atoms with Crippen molar-refractivity contribution in [2.45, 2.75) is 19.6 Å². The fourth-order valence-corrected chi connectivity index (χ4v) is 1.82. The van der Waals surface area contributed by atoms with Crippen molar-refractivity contribution < 1.29 is 4.43 Å². The molecule has 0 saturated heterocycles. The zero-order valence-electron chi connectivity index (χ0n) is 9.21. The fourth-order valence-electron chi connectivity index (χ4n) is 1.11. The molecule has 0 fully saturated rings. The van der Waals surface area contributed by atoms with Crippen LogP contribution in [-0.2, 0) is 4.43 Å². The summed E-state index contributed by atoms with van der Waals surface area (Å²) in [4.78, 5) is 0. The molecule has 0 aromatic heterocycles. The molecule has 1 rings (SSSR count). The number of hydrogen-bond acceptors (Lipinski definition) is 2. The third-order valence-corrected chi connectivity index (χ3v) is 2.81. The van der Waals surface area contributed by atoms with Gasteiger partial charge < -0.3 is 9.74 Å². The third-order valence-electron chi connectivity index (χ3n) is 1.74. The molecular weight excluding hydrogens is 190 g/mol. The second kappa shape index (κ2) is 5.17. The first-order valence-corrected chi connectivity index (χ1v) is 8.42. The van der Waals surface area contributed by atoms with Gasteiger partial charge in [-0.15, -0.1) is 0 Å². The highest BCUT2D eigenvalue weighted by molar-refractivity contribution is 6.69. The minimum Gasteiger partial charge on any atom is -0.416 e. The average Bonchev–Trinajstić information content (AvgIpc) is 2.13. The summed E-state index contributed by atoms with van der Waals surface area (Å²) in [7, 11) is -1.34. The van der Waals surface area contributed by atoms with Gasteiger partial charge in [-0.3, -0.25) is 0 Å². The number of rotatable bonds is 5. The quantitative estimate of drug-likeness (QED) is 0.594. The van der Waals surface area contributed by atoms with E-state index in [4.69, 9.17) is 4.43 Å². The Hall–Kier alpha value is -0.803. The molecule has 1 aromatic carbocycles. The van der Waals surface area contributed by atoms with Crippen molar-refractivity contribution in [1.82, 2.24) is 0 Å². The lowest BCUT2D eigenvalue weighted by Crippen LogP contribution is -2.28. The first-order valence-electron chi connectivity index (χ1n) is 5.01. The Morgan fingerprint density at radius 2 is 1.79 bits per heavy atom. The Morgan fingerprint density at radius 3 is 2.36 bits per heavy atom. The average molecular weight is 209 g/mol. The van der Waals surface area contributed by atoms with Crippen LogP contribution in [0, 0.1) is 0 Å². The molecule has 0 aliphatic heterocycles. The van der Waals surface area contributed by atoms with Crippen LogP contribution in [0.2, 0.25) is 19.6 Å². The predicted molar refractivity (Wildman–Crippen MR) is 64.2 cm³/mol. The zero-order valence-corrected chi connectivity index (χ0v) is 10.2. The van der Waals surface area contributed by atoms with E-state index in [1.165, 1.54) is 0 Å². The topological polar surface area (TPSA) is 21.3 Å². The minimum absolute atomic E-state index is 0.796. The lowest BCUT2D eigenvalue weighted by atomic mass is 10.3. The van der Waals surface area contributed by atoms with Gasteiger partial charge in [-0.1, -0.05) is 18.2 Å². The van der Waals surface area contributed by atoms with Crippen molar-refractivity contribution in [3.05, 3.63) is 30.3 Å². The Bertz CT molecular complexity index is 256. The largest absolute Gasteiger partial charge is 0.416 e. The molecule has 0 saturated carbocycles. The van der Waals surface area contributed by atoms with Crippen LogP contribution in [0.5, 0.6) is 0 Å². The Kier molecular flexibility index (Phi) is 4.16. The van der Waals surface area contributed by atoms with E-state index >= 15 is 0 Å². The molecule has 0 heterocycles. The molecule has 0 spiro atoms. The van der Waals surface area contributed by atoms with Crippen molar-refractivity contribution in [2.75, 3.05) is 18.5 Å². The van der Waals surface area contributed by atoms with E-state index in [0.717, 1.165) is 18.8 Å². The molecule has 1 aromatic rings. The van der Waals surface area contributed by atoms with Gasteiger partial charge in [-0.25, -0.2) is 0 Å². The number of para-hydroxylation sites is 1. The predicted octanol–water partition coefficient (Wildman–Crippen LogP) is 2.95. The van der Waals surface area contributed by atoms with Crippen molar-refractivity contribution >= 4 is 14.0 Å². The van der Waals surface area contributed by atoms with Gasteiger partial charge in [0.15, 0.2) is 8.32 Å². The molecule has 3 heteroatoms. The smallest absolute Gasteiger partial charge is 0.183 e. The highest BCUT2D eigenvalue weighted by Gasteiger charge is 2.12. The molecule has 0 bridgehead atoms. The summed E-state index contributed by atoms with van der Waals surface area (Å²) >= 11 is 0. The SMILES string of the molecule is C[Si](C)(C)OCCNc1ccccc1. The van der Waals surface area contributed by atoms with E-state index in [1.807, 2.05) is 18.2 Å². The highest BCUT2D eigenvalue weighted by Crippen LogP contribution is 2.05. The molecule has 2 nitrogen and oxygen atoms in total. The maximum atomic E-state index is 5.73. The standard InChI is InChI=1S/C11H19NOSi/c1-14(2,3)13-10-9-12-11-7-5-4-6-8-11/h4-8,12H,9-10H2,1-3H3. The maximum Gasteiger partial charge on any atom is 0.183 e. The highest BCUT2D eigenvalue weighted by atomic mass is 28.4. The Labute approximate surface area is 87.4 Å². The molecule has 0 aliphatic rings. The van der Waals surface area contributed by atoms with Gasteiger partial charge in [0.1, 0.15) is 0 Å². The van der Waals surface area contributed by atoms with Gasteiger partial charge in [0, 0.05) is 12.2 Å². The summed E-state index contributed by atoms with van der Waals surface area (Å²) in [5, 5.41) is 3.31. The molecule has 0 atom stereocenters. The van der Waals surface area contributed by atoms with Gasteiger partial charge >= 0.3 is 0 Å². The monoisotopic (exact) mass is 209 g/mol. The van der Waals surface area contributed by atoms with E-state index in [9.17, 15) is 0 Å². The van der Waals surface area contributed by atoms with Gasteiger partial charge in [0.25, 0.3) is 0 Å². The Balaban J connectivity index is 2.17. The molecule has 0 amide bonds. The van der Waals surface area contributed by atoms with Crippen LogP contribution in [-0.4, -0.2) is 21.5 Å². The van der Waals surface area contributed by atoms with E-state index < -0.39 is 8.32 Å². The molecular formula is C11H19NOSi. The van der Waals surface area contributed by atoms with Crippen molar-refractivity contribution in [3.63, 3.8) is 0 Å². The summed E-state index contributed by atoms with van der Waals surface area (Å²) in [6.45, 7) is 8.29. The van der Waals surface area contributed by atoms with Crippen LogP contribution in [0.4, 0.5) is 5.69 Å². The molecule has 0 radical (unpaired) electrons. The molecule has 0 aliphatic carbocycles. The van der Waals surface area contributed by atoms with E-state index in [-0.39, 0.29) is 0 Å². The molecule has 1 N–H and O–H groups in total. The molecule has 14 heavy (non-hydrogen) atoms. The van der Waals surface area contributed by atoms with E-state index in [1.54, 1.807) is 0 Å². The van der Waals surface area contributed by atoms with Gasteiger partial charge in [0.05, 0.1) is 6.61 Å². The Morgan fingerprint density at radius 1 is 1.14 bits per heavy atom. The van der Waals surface area contributed by atoms with Crippen LogP contribution in [0.3, 0.4) is 0 Å². The van der Waals surface area contributed by atoms with E-state index in [2.05, 4.69) is 37.1 Å². The molecule has 0 unspecified atom stereocenters. The first kappa shape index (κ1) is 11.3.